The highest BCUT2D eigenvalue weighted by molar-refractivity contribution is 6.10. The van der Waals surface area contributed by atoms with Crippen molar-refractivity contribution in [2.75, 3.05) is 26.0 Å². The Bertz CT molecular complexity index is 1200. The summed E-state index contributed by atoms with van der Waals surface area (Å²) in [7, 11) is 3.04. The number of nitrogens with zero attached hydrogens (tertiary/aromatic N) is 4. The Morgan fingerprint density at radius 1 is 1.32 bits per heavy atom. The third kappa shape index (κ3) is 4.82. The molecule has 3 aromatic rings. The van der Waals surface area contributed by atoms with Crippen LogP contribution >= 0.6 is 0 Å². The highest BCUT2D eigenvalue weighted by Gasteiger charge is 2.27. The predicted molar refractivity (Wildman–Crippen MR) is 113 cm³/mol. The fraction of sp³-hybridized carbons (Fsp3) is 0.200. The van der Waals surface area contributed by atoms with Crippen LogP contribution in [0.3, 0.4) is 0 Å². The van der Waals surface area contributed by atoms with Crippen molar-refractivity contribution >= 4 is 28.8 Å². The molecule has 0 amide bonds. The lowest BCUT2D eigenvalue weighted by Crippen LogP contribution is -2.25. The van der Waals surface area contributed by atoms with Crippen molar-refractivity contribution in [1.82, 2.24) is 14.5 Å². The molecule has 0 aliphatic carbocycles. The van der Waals surface area contributed by atoms with Gasteiger partial charge in [0.25, 0.3) is 5.56 Å². The van der Waals surface area contributed by atoms with Crippen LogP contribution in [0, 0.1) is 0 Å². The second-order valence-electron chi connectivity index (χ2n) is 6.35. The lowest BCUT2D eigenvalue weighted by atomic mass is 10.1. The van der Waals surface area contributed by atoms with Crippen molar-refractivity contribution in [3.8, 4) is 11.4 Å². The van der Waals surface area contributed by atoms with Gasteiger partial charge in [0.1, 0.15) is 12.3 Å². The SMILES string of the molecule is CN=CC(=CN)c1cc2cnc(NCC(F)(F)F)nc2n(-c2ccc(OC)cc2)c1=O. The van der Waals surface area contributed by atoms with Gasteiger partial charge in [-0.3, -0.25) is 14.4 Å². The molecule has 8 nitrogen and oxygen atoms in total. The van der Waals surface area contributed by atoms with Crippen LogP contribution in [0.15, 0.2) is 52.5 Å². The topological polar surface area (TPSA) is 107 Å². The zero-order valence-electron chi connectivity index (χ0n) is 16.6. The summed E-state index contributed by atoms with van der Waals surface area (Å²) in [5, 5.41) is 2.55. The molecule has 0 bridgehead atoms. The Morgan fingerprint density at radius 3 is 2.61 bits per heavy atom. The van der Waals surface area contributed by atoms with Gasteiger partial charge >= 0.3 is 6.18 Å². The Balaban J connectivity index is 2.27. The minimum Gasteiger partial charge on any atom is -0.497 e. The summed E-state index contributed by atoms with van der Waals surface area (Å²) in [5.41, 5.74) is 6.36. The monoisotopic (exact) mass is 432 g/mol. The van der Waals surface area contributed by atoms with E-state index < -0.39 is 18.3 Å². The summed E-state index contributed by atoms with van der Waals surface area (Å²) in [6.07, 6.45) is -0.436. The van der Waals surface area contributed by atoms with Crippen LogP contribution in [-0.2, 0) is 0 Å². The predicted octanol–water partition coefficient (Wildman–Crippen LogP) is 2.76. The molecule has 0 spiro atoms. The number of fused-ring (bicyclic) bond motifs is 1. The van der Waals surface area contributed by atoms with Gasteiger partial charge in [-0.15, -0.1) is 0 Å². The quantitative estimate of drug-likeness (QED) is 0.580. The Hall–Kier alpha value is -3.89. The average molecular weight is 432 g/mol. The highest BCUT2D eigenvalue weighted by atomic mass is 19.4. The standard InChI is InChI=1S/C20H19F3N6O2/c1-25-9-13(8-24)16-7-12-10-26-19(27-11-20(21,22)23)28-17(12)29(18(16)30)14-3-5-15(31-2)6-4-14/h3-10H,11,24H2,1-2H3,(H,26,27,28). The van der Waals surface area contributed by atoms with Crippen LogP contribution in [0.25, 0.3) is 22.3 Å². The number of hydrogen-bond acceptors (Lipinski definition) is 7. The number of alkyl halides is 3. The number of pyridine rings is 1. The van der Waals surface area contributed by atoms with Crippen molar-refractivity contribution < 1.29 is 17.9 Å². The fourth-order valence-electron chi connectivity index (χ4n) is 2.88. The molecule has 2 heterocycles. The smallest absolute Gasteiger partial charge is 0.405 e. The highest BCUT2D eigenvalue weighted by Crippen LogP contribution is 2.22. The molecule has 31 heavy (non-hydrogen) atoms. The molecule has 0 fully saturated rings. The first kappa shape index (κ1) is 21.8. The number of halogens is 3. The molecule has 1 aromatic carbocycles. The number of nitrogens with two attached hydrogens (primary N) is 1. The van der Waals surface area contributed by atoms with E-state index in [4.69, 9.17) is 10.5 Å². The van der Waals surface area contributed by atoms with Crippen molar-refractivity contribution in [2.24, 2.45) is 10.7 Å². The molecule has 0 aliphatic rings. The number of hydrogen-bond donors (Lipinski definition) is 2. The van der Waals surface area contributed by atoms with Gasteiger partial charge in [0, 0.05) is 36.6 Å². The summed E-state index contributed by atoms with van der Waals surface area (Å²) < 4.78 is 44.1. The van der Waals surface area contributed by atoms with Crippen molar-refractivity contribution in [3.05, 3.63) is 58.6 Å². The van der Waals surface area contributed by atoms with Gasteiger partial charge < -0.3 is 15.8 Å². The molecule has 0 saturated heterocycles. The van der Waals surface area contributed by atoms with Crippen LogP contribution < -0.4 is 21.3 Å². The van der Waals surface area contributed by atoms with Crippen LogP contribution in [0.2, 0.25) is 0 Å². The minimum atomic E-state index is -4.45. The number of ether oxygens (including phenoxy) is 1. The maximum absolute atomic E-state index is 13.4. The van der Waals surface area contributed by atoms with Gasteiger partial charge in [0.2, 0.25) is 5.95 Å². The number of aromatic nitrogens is 3. The van der Waals surface area contributed by atoms with E-state index in [2.05, 4.69) is 20.3 Å². The van der Waals surface area contributed by atoms with E-state index in [9.17, 15) is 18.0 Å². The second-order valence-corrected chi connectivity index (χ2v) is 6.35. The maximum Gasteiger partial charge on any atom is 0.405 e. The molecule has 0 aliphatic heterocycles. The summed E-state index contributed by atoms with van der Waals surface area (Å²) >= 11 is 0. The van der Waals surface area contributed by atoms with Gasteiger partial charge in [-0.2, -0.15) is 18.2 Å². The van der Waals surface area contributed by atoms with Crippen molar-refractivity contribution in [2.45, 2.75) is 6.18 Å². The number of allylic oxidation sites excluding steroid dienone is 1. The van der Waals surface area contributed by atoms with E-state index in [1.54, 1.807) is 24.3 Å². The van der Waals surface area contributed by atoms with Crippen LogP contribution in [0.5, 0.6) is 5.75 Å². The van der Waals surface area contributed by atoms with Crippen LogP contribution in [0.4, 0.5) is 19.1 Å². The molecule has 11 heteroatoms. The summed E-state index contributed by atoms with van der Waals surface area (Å²) in [4.78, 5) is 25.3. The van der Waals surface area contributed by atoms with Gasteiger partial charge in [-0.05, 0) is 30.3 Å². The summed E-state index contributed by atoms with van der Waals surface area (Å²) in [6.45, 7) is -1.31. The van der Waals surface area contributed by atoms with Crippen LogP contribution in [0.1, 0.15) is 5.56 Å². The maximum atomic E-state index is 13.4. The molecule has 3 rings (SSSR count). The second kappa shape index (κ2) is 8.86. The zero-order valence-corrected chi connectivity index (χ0v) is 16.6. The van der Waals surface area contributed by atoms with Gasteiger partial charge in [0.05, 0.1) is 18.4 Å². The van der Waals surface area contributed by atoms with Gasteiger partial charge in [0.15, 0.2) is 5.65 Å². The fourth-order valence-corrected chi connectivity index (χ4v) is 2.88. The summed E-state index contributed by atoms with van der Waals surface area (Å²) in [6, 6.07) is 8.09. The lowest BCUT2D eigenvalue weighted by Gasteiger charge is -2.14. The van der Waals surface area contributed by atoms with E-state index in [0.29, 0.717) is 22.4 Å². The van der Waals surface area contributed by atoms with Gasteiger partial charge in [-0.1, -0.05) is 0 Å². The summed E-state index contributed by atoms with van der Waals surface area (Å²) in [5.74, 6) is 0.309. The first-order valence-electron chi connectivity index (χ1n) is 8.99. The third-order valence-electron chi connectivity index (χ3n) is 4.28. The van der Waals surface area contributed by atoms with E-state index in [0.717, 1.165) is 0 Å². The normalized spacial score (nSPS) is 12.5. The molecule has 0 saturated carbocycles. The Kier molecular flexibility index (Phi) is 6.23. The third-order valence-corrected chi connectivity index (χ3v) is 4.28. The zero-order chi connectivity index (χ0) is 22.6. The van der Waals surface area contributed by atoms with Crippen LogP contribution in [-0.4, -0.2) is 47.6 Å². The van der Waals surface area contributed by atoms with E-state index in [-0.39, 0.29) is 17.2 Å². The van der Waals surface area contributed by atoms with E-state index in [1.165, 1.54) is 43.4 Å². The Morgan fingerprint density at radius 2 is 2.03 bits per heavy atom. The van der Waals surface area contributed by atoms with Crippen molar-refractivity contribution in [3.63, 3.8) is 0 Å². The molecule has 0 radical (unpaired) electrons. The van der Waals surface area contributed by atoms with Crippen molar-refractivity contribution in [1.29, 1.82) is 0 Å². The minimum absolute atomic E-state index is 0.128. The molecule has 0 unspecified atom stereocenters. The molecular formula is C20H19F3N6O2. The number of aliphatic imine (C=N–C) groups is 1. The first-order valence-corrected chi connectivity index (χ1v) is 8.99. The van der Waals surface area contributed by atoms with E-state index in [1.807, 2.05) is 0 Å². The first-order chi connectivity index (χ1) is 14.8. The average Bonchev–Trinajstić information content (AvgIpc) is 2.75. The van der Waals surface area contributed by atoms with Gasteiger partial charge in [-0.25, -0.2) is 4.98 Å². The molecular weight excluding hydrogens is 413 g/mol. The molecule has 162 valence electrons. The largest absolute Gasteiger partial charge is 0.497 e. The number of rotatable bonds is 6. The number of anilines is 1. The molecule has 0 atom stereocenters. The lowest BCUT2D eigenvalue weighted by molar-refractivity contribution is -0.115. The molecule has 3 N–H and O–H groups in total. The number of nitrogens with one attached hydrogen (secondary N) is 1. The molecule has 2 aromatic heterocycles. The number of methoxy groups -OCH3 is 1. The Labute approximate surface area is 174 Å². The number of benzene rings is 1. The van der Waals surface area contributed by atoms with E-state index >= 15 is 0 Å².